The van der Waals surface area contributed by atoms with Crippen LogP contribution in [0, 0.1) is 6.92 Å². The minimum atomic E-state index is -1.49. The van der Waals surface area contributed by atoms with E-state index in [4.69, 9.17) is 0 Å². The maximum absolute atomic E-state index is 11.2. The first-order chi connectivity index (χ1) is 7.97. The molecule has 0 bridgehead atoms. The molecule has 1 rings (SSSR count). The minimum absolute atomic E-state index is 0.161. The number of carbonyl (C=O) groups excluding carboxylic acids is 1. The van der Waals surface area contributed by atoms with Gasteiger partial charge in [-0.1, -0.05) is 24.3 Å². The van der Waals surface area contributed by atoms with Crippen LogP contribution in [0.15, 0.2) is 24.3 Å². The van der Waals surface area contributed by atoms with Crippen molar-refractivity contribution in [2.45, 2.75) is 26.0 Å². The highest BCUT2D eigenvalue weighted by Gasteiger charge is 2.30. The lowest BCUT2D eigenvalue weighted by molar-refractivity contribution is -0.159. The van der Waals surface area contributed by atoms with E-state index >= 15 is 0 Å². The van der Waals surface area contributed by atoms with Gasteiger partial charge in [-0.25, -0.2) is 4.79 Å². The average molecular weight is 237 g/mol. The number of rotatable bonds is 5. The number of carbonyl (C=O) groups is 1. The summed E-state index contributed by atoms with van der Waals surface area (Å²) in [6, 6.07) is 7.97. The number of esters is 1. The van der Waals surface area contributed by atoms with E-state index in [1.165, 1.54) is 19.6 Å². The van der Waals surface area contributed by atoms with Gasteiger partial charge in [0.2, 0.25) is 0 Å². The van der Waals surface area contributed by atoms with Crippen molar-refractivity contribution in [2.75, 3.05) is 13.7 Å². The van der Waals surface area contributed by atoms with E-state index in [2.05, 4.69) is 10.1 Å². The van der Waals surface area contributed by atoms with Crippen molar-refractivity contribution in [3.63, 3.8) is 0 Å². The van der Waals surface area contributed by atoms with Crippen molar-refractivity contribution in [1.29, 1.82) is 0 Å². The fourth-order valence-corrected chi connectivity index (χ4v) is 1.54. The Morgan fingerprint density at radius 3 is 2.71 bits per heavy atom. The molecule has 0 spiro atoms. The molecule has 0 aromatic heterocycles. The van der Waals surface area contributed by atoms with Gasteiger partial charge in [0.15, 0.2) is 5.60 Å². The van der Waals surface area contributed by atoms with E-state index in [-0.39, 0.29) is 6.54 Å². The molecule has 4 heteroatoms. The fraction of sp³-hybridized carbons (Fsp3) is 0.462. The van der Waals surface area contributed by atoms with Gasteiger partial charge in [-0.2, -0.15) is 0 Å². The maximum Gasteiger partial charge on any atom is 0.338 e. The minimum Gasteiger partial charge on any atom is -0.467 e. The third-order valence-corrected chi connectivity index (χ3v) is 2.67. The molecule has 0 fully saturated rings. The molecule has 4 nitrogen and oxygen atoms in total. The van der Waals surface area contributed by atoms with E-state index in [0.29, 0.717) is 6.54 Å². The van der Waals surface area contributed by atoms with Crippen LogP contribution in [0.5, 0.6) is 0 Å². The Labute approximate surface area is 102 Å². The highest BCUT2D eigenvalue weighted by molar-refractivity contribution is 5.78. The molecule has 0 aliphatic heterocycles. The molecule has 0 amide bonds. The first-order valence-electron chi connectivity index (χ1n) is 5.53. The quantitative estimate of drug-likeness (QED) is 0.750. The van der Waals surface area contributed by atoms with Crippen molar-refractivity contribution >= 4 is 5.97 Å². The van der Waals surface area contributed by atoms with E-state index in [9.17, 15) is 9.90 Å². The first-order valence-corrected chi connectivity index (χ1v) is 5.53. The average Bonchev–Trinajstić information content (AvgIpc) is 2.30. The Morgan fingerprint density at radius 1 is 1.47 bits per heavy atom. The summed E-state index contributed by atoms with van der Waals surface area (Å²) in [5.41, 5.74) is 0.836. The summed E-state index contributed by atoms with van der Waals surface area (Å²) in [4.78, 5) is 11.2. The van der Waals surface area contributed by atoms with Crippen LogP contribution in [0.2, 0.25) is 0 Å². The lowest BCUT2D eigenvalue weighted by Crippen LogP contribution is -2.45. The van der Waals surface area contributed by atoms with Crippen LogP contribution >= 0.6 is 0 Å². The Hall–Kier alpha value is -1.39. The fourth-order valence-electron chi connectivity index (χ4n) is 1.54. The summed E-state index contributed by atoms with van der Waals surface area (Å²) < 4.78 is 4.51. The Bertz CT molecular complexity index is 388. The number of aryl methyl sites for hydroxylation is 1. The monoisotopic (exact) mass is 237 g/mol. The molecule has 0 heterocycles. The third-order valence-electron chi connectivity index (χ3n) is 2.67. The zero-order chi connectivity index (χ0) is 12.9. The molecule has 0 aliphatic carbocycles. The summed E-state index contributed by atoms with van der Waals surface area (Å²) in [5, 5.41) is 12.8. The van der Waals surface area contributed by atoms with Crippen LogP contribution in [-0.2, 0) is 16.1 Å². The maximum atomic E-state index is 11.2. The predicted molar refractivity (Wildman–Crippen MR) is 65.5 cm³/mol. The molecule has 0 radical (unpaired) electrons. The van der Waals surface area contributed by atoms with E-state index in [0.717, 1.165) is 5.56 Å². The van der Waals surface area contributed by atoms with Crippen LogP contribution in [0.1, 0.15) is 18.1 Å². The molecule has 1 unspecified atom stereocenters. The number of hydrogen-bond donors (Lipinski definition) is 2. The summed E-state index contributed by atoms with van der Waals surface area (Å²) in [6.07, 6.45) is 0. The molecule has 94 valence electrons. The second-order valence-electron chi connectivity index (χ2n) is 4.30. The smallest absolute Gasteiger partial charge is 0.338 e. The highest BCUT2D eigenvalue weighted by Crippen LogP contribution is 2.08. The molecule has 0 saturated carbocycles. The van der Waals surface area contributed by atoms with E-state index < -0.39 is 11.6 Å². The lowest BCUT2D eigenvalue weighted by atomic mass is 10.1. The number of hydrogen-bond acceptors (Lipinski definition) is 4. The lowest BCUT2D eigenvalue weighted by Gasteiger charge is -2.20. The first kappa shape index (κ1) is 13.7. The zero-order valence-corrected chi connectivity index (χ0v) is 10.5. The van der Waals surface area contributed by atoms with Crippen LogP contribution in [0.25, 0.3) is 0 Å². The predicted octanol–water partition coefficient (Wildman–Crippen LogP) is 1.01. The summed E-state index contributed by atoms with van der Waals surface area (Å²) in [5.74, 6) is -0.630. The van der Waals surface area contributed by atoms with Gasteiger partial charge in [-0.05, 0) is 25.0 Å². The van der Waals surface area contributed by atoms with Crippen molar-refractivity contribution in [3.8, 4) is 0 Å². The van der Waals surface area contributed by atoms with Crippen molar-refractivity contribution < 1.29 is 14.6 Å². The van der Waals surface area contributed by atoms with Gasteiger partial charge in [0, 0.05) is 13.1 Å². The summed E-state index contributed by atoms with van der Waals surface area (Å²) in [6.45, 7) is 4.23. The second-order valence-corrected chi connectivity index (χ2v) is 4.30. The van der Waals surface area contributed by atoms with Crippen molar-refractivity contribution in [1.82, 2.24) is 5.32 Å². The summed E-state index contributed by atoms with van der Waals surface area (Å²) in [7, 11) is 1.26. The van der Waals surface area contributed by atoms with E-state index in [1.54, 1.807) is 0 Å². The van der Waals surface area contributed by atoms with Crippen LogP contribution < -0.4 is 5.32 Å². The standard InChI is InChI=1S/C13H19NO3/c1-10-6-4-5-7-11(10)8-14-9-13(2,16)12(15)17-3/h4-7,14,16H,8-9H2,1-3H3. The topological polar surface area (TPSA) is 58.6 Å². The molecule has 17 heavy (non-hydrogen) atoms. The Kier molecular flexibility index (Phi) is 4.66. The largest absolute Gasteiger partial charge is 0.467 e. The van der Waals surface area contributed by atoms with Gasteiger partial charge in [0.25, 0.3) is 0 Å². The van der Waals surface area contributed by atoms with Gasteiger partial charge in [0.05, 0.1) is 7.11 Å². The number of methoxy groups -OCH3 is 1. The zero-order valence-electron chi connectivity index (χ0n) is 10.5. The molecule has 1 aromatic carbocycles. The second kappa shape index (κ2) is 5.80. The van der Waals surface area contributed by atoms with Crippen LogP contribution in [0.4, 0.5) is 0 Å². The SMILES string of the molecule is COC(=O)C(C)(O)CNCc1ccccc1C. The van der Waals surface area contributed by atoms with Crippen molar-refractivity contribution in [3.05, 3.63) is 35.4 Å². The number of benzene rings is 1. The molecule has 0 saturated heterocycles. The van der Waals surface area contributed by atoms with Gasteiger partial charge >= 0.3 is 5.97 Å². The number of nitrogens with one attached hydrogen (secondary N) is 1. The Balaban J connectivity index is 2.48. The van der Waals surface area contributed by atoms with Crippen LogP contribution in [0.3, 0.4) is 0 Å². The number of ether oxygens (including phenoxy) is 1. The number of aliphatic hydroxyl groups is 1. The third kappa shape index (κ3) is 3.84. The summed E-state index contributed by atoms with van der Waals surface area (Å²) >= 11 is 0. The van der Waals surface area contributed by atoms with Gasteiger partial charge < -0.3 is 15.2 Å². The van der Waals surface area contributed by atoms with E-state index in [1.807, 2.05) is 31.2 Å². The molecule has 1 aromatic rings. The highest BCUT2D eigenvalue weighted by atomic mass is 16.5. The molecule has 0 aliphatic rings. The van der Waals surface area contributed by atoms with Gasteiger partial charge in [-0.15, -0.1) is 0 Å². The molecular weight excluding hydrogens is 218 g/mol. The normalized spacial score (nSPS) is 14.1. The van der Waals surface area contributed by atoms with Crippen LogP contribution in [-0.4, -0.2) is 30.3 Å². The molecule has 1 atom stereocenters. The van der Waals surface area contributed by atoms with Crippen molar-refractivity contribution in [2.24, 2.45) is 0 Å². The molecule has 2 N–H and O–H groups in total. The Morgan fingerprint density at radius 2 is 2.12 bits per heavy atom. The molecular formula is C13H19NO3. The van der Waals surface area contributed by atoms with Gasteiger partial charge in [-0.3, -0.25) is 0 Å². The van der Waals surface area contributed by atoms with Gasteiger partial charge in [0.1, 0.15) is 0 Å².